The number of ether oxygens (including phenoxy) is 2. The summed E-state index contributed by atoms with van der Waals surface area (Å²) in [6.45, 7) is 10.2. The molecule has 2 aliphatic heterocycles. The highest BCUT2D eigenvalue weighted by Gasteiger charge is 2.44. The lowest BCUT2D eigenvalue weighted by molar-refractivity contribution is -0.141. The Bertz CT molecular complexity index is 2470. The summed E-state index contributed by atoms with van der Waals surface area (Å²) in [5.41, 5.74) is 8.78. The van der Waals surface area contributed by atoms with Gasteiger partial charge in [-0.3, -0.25) is 48.9 Å². The Morgan fingerprint density at radius 1 is 0.611 bits per heavy atom. The van der Waals surface area contributed by atoms with Crippen LogP contribution < -0.4 is 11.5 Å². The van der Waals surface area contributed by atoms with E-state index in [1.165, 1.54) is 35.4 Å². The van der Waals surface area contributed by atoms with E-state index in [2.05, 4.69) is 19.9 Å². The Kier molecular flexibility index (Phi) is 17.1. The first-order chi connectivity index (χ1) is 33.3. The van der Waals surface area contributed by atoms with Gasteiger partial charge >= 0.3 is 24.5 Å². The quantitative estimate of drug-likeness (QED) is 0.119. The van der Waals surface area contributed by atoms with Crippen LogP contribution in [0.5, 0.6) is 0 Å². The van der Waals surface area contributed by atoms with Crippen molar-refractivity contribution >= 4 is 35.6 Å². The molecule has 0 aliphatic carbocycles. The molecule has 4 atom stereocenters. The Hall–Kier alpha value is -7.11. The largest absolute Gasteiger partial charge is 0.444 e. The van der Waals surface area contributed by atoms with Crippen LogP contribution in [0.1, 0.15) is 110 Å². The van der Waals surface area contributed by atoms with Gasteiger partial charge in [-0.2, -0.15) is 26.3 Å². The third kappa shape index (κ3) is 14.5. The lowest BCUT2D eigenvalue weighted by Crippen LogP contribution is -2.47. The van der Waals surface area contributed by atoms with Crippen molar-refractivity contribution in [2.24, 2.45) is 11.5 Å². The summed E-state index contributed by atoms with van der Waals surface area (Å²) in [4.78, 5) is 92.0. The number of rotatable bonds is 12. The summed E-state index contributed by atoms with van der Waals surface area (Å²) in [7, 11) is 0. The second-order valence-corrected chi connectivity index (χ2v) is 18.9. The molecule has 6 heterocycles. The molecule has 2 saturated heterocycles. The number of Topliss-reactive ketones (excluding diaryl/α,β-unsaturated/α-hetero) is 2. The van der Waals surface area contributed by atoms with Crippen molar-refractivity contribution in [3.63, 3.8) is 0 Å². The fraction of sp³-hybridized carbons (Fsp3) is 0.458. The van der Waals surface area contributed by atoms with Crippen molar-refractivity contribution in [2.45, 2.75) is 128 Å². The van der Waals surface area contributed by atoms with E-state index in [0.717, 1.165) is 35.6 Å². The number of primary amides is 2. The Morgan fingerprint density at radius 3 is 1.36 bits per heavy atom. The smallest absolute Gasteiger partial charge is 0.433 e. The van der Waals surface area contributed by atoms with Gasteiger partial charge in [0.15, 0.2) is 11.6 Å². The zero-order chi connectivity index (χ0) is 53.7. The molecule has 4 amide bonds. The second kappa shape index (κ2) is 22.1. The van der Waals surface area contributed by atoms with Gasteiger partial charge in [-0.05, 0) is 115 Å². The molecule has 17 nitrogen and oxygen atoms in total. The molecular weight excluding hydrogens is 966 g/mol. The number of likely N-dealkylation sites (tertiary alicyclic amines) is 2. The minimum atomic E-state index is -4.60. The third-order valence-electron chi connectivity index (χ3n) is 11.1. The molecule has 5 N–H and O–H groups in total. The van der Waals surface area contributed by atoms with Crippen LogP contribution >= 0.6 is 0 Å². The molecule has 0 saturated carbocycles. The number of pyridine rings is 4. The Balaban J connectivity index is 0.000000267. The van der Waals surface area contributed by atoms with Crippen LogP contribution in [0.15, 0.2) is 61.2 Å². The van der Waals surface area contributed by atoms with Gasteiger partial charge in [0, 0.05) is 61.8 Å². The molecule has 0 bridgehead atoms. The molecule has 0 aromatic carbocycles. The normalized spacial score (nSPS) is 18.2. The number of nitrogens with two attached hydrogens (primary N) is 2. The lowest BCUT2D eigenvalue weighted by Gasteiger charge is -2.28. The topological polar surface area (TPSA) is 251 Å². The van der Waals surface area contributed by atoms with Gasteiger partial charge in [-0.15, -0.1) is 0 Å². The molecule has 2 aliphatic rings. The summed E-state index contributed by atoms with van der Waals surface area (Å²) in [6, 6.07) is 4.45. The zero-order valence-electron chi connectivity index (χ0n) is 39.9. The number of alkyl halides is 7. The molecule has 0 unspecified atom stereocenters. The third-order valence-corrected chi connectivity index (χ3v) is 11.1. The summed E-state index contributed by atoms with van der Waals surface area (Å²) in [5.74, 6) is -2.60. The summed E-state index contributed by atoms with van der Waals surface area (Å²) >= 11 is 0. The van der Waals surface area contributed by atoms with Crippen LogP contribution in [0, 0.1) is 0 Å². The van der Waals surface area contributed by atoms with Crippen molar-refractivity contribution in [2.75, 3.05) is 13.1 Å². The van der Waals surface area contributed by atoms with Gasteiger partial charge in [-0.1, -0.05) is 0 Å². The number of carbonyl (C=O) groups excluding carboxylic acids is 6. The van der Waals surface area contributed by atoms with Crippen LogP contribution in [0.3, 0.4) is 0 Å². The van der Waals surface area contributed by atoms with Crippen molar-refractivity contribution in [3.05, 3.63) is 94.8 Å². The average Bonchev–Trinajstić information content (AvgIpc) is 3.88. The number of ketones is 2. The van der Waals surface area contributed by atoms with Crippen LogP contribution in [-0.2, 0) is 44.3 Å². The first-order valence-electron chi connectivity index (χ1n) is 22.4. The van der Waals surface area contributed by atoms with Gasteiger partial charge in [-0.25, -0.2) is 14.0 Å². The van der Waals surface area contributed by atoms with E-state index < -0.39 is 94.9 Å². The molecule has 24 heteroatoms. The lowest BCUT2D eigenvalue weighted by atomic mass is 9.97. The van der Waals surface area contributed by atoms with E-state index in [1.807, 2.05) is 0 Å². The maximum absolute atomic E-state index is 14.6. The van der Waals surface area contributed by atoms with Crippen molar-refractivity contribution in [1.82, 2.24) is 29.7 Å². The minimum absolute atomic E-state index is 0.0114. The number of hydrogen-bond acceptors (Lipinski definition) is 13. The monoisotopic (exact) mass is 1020 g/mol. The van der Waals surface area contributed by atoms with Crippen LogP contribution in [0.4, 0.5) is 40.3 Å². The standard InChI is InChI=1S/C24H26F4N4O4.C24H27F3N4O5/c1-23(2,3)36-22(35)32-9-8-16(25)20(32)18(33)6-4-13-10-17(30-12-15(13)21(29)34)14-5-7-19(31-11-14)24(26,27)28;1-23(2,3)36-22(35)31-9-8-18(33)20(31)17(32)6-4-13-10-16(29-12-15(13)21(28)34)14-5-7-19(30-11-14)24(25,26)27/h5,7,10-12,16,20H,4,6,8-9H2,1-3H3,(H2,29,34);5,7,10-12,18,20,33H,4,6,8-9H2,1-3H3,(H2,28,34)/t16-,20-;18-,20-/m01/s1. The van der Waals surface area contributed by atoms with E-state index in [0.29, 0.717) is 11.1 Å². The fourth-order valence-electron chi connectivity index (χ4n) is 7.75. The number of aromatic nitrogens is 4. The number of halogens is 7. The highest BCUT2D eigenvalue weighted by Crippen LogP contribution is 2.32. The number of amides is 4. The molecule has 4 aromatic heterocycles. The second-order valence-electron chi connectivity index (χ2n) is 18.9. The van der Waals surface area contributed by atoms with Crippen LogP contribution in [0.2, 0.25) is 0 Å². The SMILES string of the molecule is CC(C)(C)OC(=O)N1CC[C@@H](O)[C@H]1C(=O)CCc1cc(-c2ccc(C(F)(F)F)nc2)ncc1C(N)=O.CC(C)(C)OC(=O)N1CC[C@H](F)[C@H]1C(=O)CCc1cc(-c2ccc(C(F)(F)F)nc2)ncc1C(N)=O. The van der Waals surface area contributed by atoms with Gasteiger partial charge in [0.2, 0.25) is 0 Å². The van der Waals surface area contributed by atoms with Crippen LogP contribution in [-0.4, -0.2) is 119 Å². The predicted molar refractivity (Wildman–Crippen MR) is 242 cm³/mol. The molecule has 0 radical (unpaired) electrons. The van der Waals surface area contributed by atoms with Gasteiger partial charge in [0.25, 0.3) is 11.8 Å². The molecule has 72 heavy (non-hydrogen) atoms. The number of aliphatic hydroxyl groups is 1. The van der Waals surface area contributed by atoms with Gasteiger partial charge in [0.1, 0.15) is 40.8 Å². The summed E-state index contributed by atoms with van der Waals surface area (Å²) < 4.78 is 102. The Morgan fingerprint density at radius 2 is 1.00 bits per heavy atom. The molecule has 4 aromatic rings. The summed E-state index contributed by atoms with van der Waals surface area (Å²) in [6.07, 6.45) is -9.15. The number of aliphatic hydroxyl groups excluding tert-OH is 1. The first kappa shape index (κ1) is 55.8. The van der Waals surface area contributed by atoms with Gasteiger partial charge < -0.3 is 26.0 Å². The van der Waals surface area contributed by atoms with Crippen molar-refractivity contribution in [3.8, 4) is 22.5 Å². The number of aryl methyl sites for hydroxylation is 2. The highest BCUT2D eigenvalue weighted by atomic mass is 19.4. The number of hydrogen-bond donors (Lipinski definition) is 3. The number of carbonyl (C=O) groups is 6. The molecule has 2 fully saturated rings. The van der Waals surface area contributed by atoms with Gasteiger partial charge in [0.05, 0.1) is 28.6 Å². The van der Waals surface area contributed by atoms with E-state index in [9.17, 15) is 64.6 Å². The predicted octanol–water partition coefficient (Wildman–Crippen LogP) is 7.24. The van der Waals surface area contributed by atoms with E-state index in [4.69, 9.17) is 20.9 Å². The van der Waals surface area contributed by atoms with E-state index >= 15 is 0 Å². The highest BCUT2D eigenvalue weighted by molar-refractivity contribution is 5.96. The van der Waals surface area contributed by atoms with Crippen molar-refractivity contribution < 1.29 is 74.1 Å². The maximum Gasteiger partial charge on any atom is 0.433 e. The maximum atomic E-state index is 14.6. The average molecular weight is 1020 g/mol. The number of nitrogens with zero attached hydrogens (tertiary/aromatic N) is 6. The fourth-order valence-corrected chi connectivity index (χ4v) is 7.75. The van der Waals surface area contributed by atoms with Crippen molar-refractivity contribution in [1.29, 1.82) is 0 Å². The molecule has 388 valence electrons. The molecule has 0 spiro atoms. The van der Waals surface area contributed by atoms with Crippen LogP contribution in [0.25, 0.3) is 22.5 Å². The minimum Gasteiger partial charge on any atom is -0.444 e. The Labute approximate surface area is 408 Å². The van der Waals surface area contributed by atoms with E-state index in [-0.39, 0.29) is 85.3 Å². The zero-order valence-corrected chi connectivity index (χ0v) is 39.9. The van der Waals surface area contributed by atoms with E-state index in [1.54, 1.807) is 41.5 Å². The summed E-state index contributed by atoms with van der Waals surface area (Å²) in [5, 5.41) is 10.3. The molecular formula is C48H53F7N8O9. The first-order valence-corrected chi connectivity index (χ1v) is 22.4. The molecule has 6 rings (SSSR count).